The highest BCUT2D eigenvalue weighted by Crippen LogP contribution is 2.15. The molecule has 1 aliphatic rings. The van der Waals surface area contributed by atoms with E-state index in [1.54, 1.807) is 11.8 Å². The SMILES string of the molecule is CC1=CC(=O)C(N(CCCl)CCCl)=CC1=O. The lowest BCUT2D eigenvalue weighted by molar-refractivity contribution is -0.116. The summed E-state index contributed by atoms with van der Waals surface area (Å²) in [5.41, 5.74) is 0.849. The Morgan fingerprint density at radius 3 is 2.12 bits per heavy atom. The monoisotopic (exact) mass is 261 g/mol. The normalized spacial score (nSPS) is 15.9. The van der Waals surface area contributed by atoms with E-state index in [2.05, 4.69) is 0 Å². The largest absolute Gasteiger partial charge is 0.366 e. The predicted molar refractivity (Wildman–Crippen MR) is 64.9 cm³/mol. The minimum Gasteiger partial charge on any atom is -0.366 e. The lowest BCUT2D eigenvalue weighted by Gasteiger charge is -2.25. The van der Waals surface area contributed by atoms with Gasteiger partial charge in [-0.25, -0.2) is 0 Å². The van der Waals surface area contributed by atoms with Crippen LogP contribution in [0.1, 0.15) is 6.92 Å². The van der Waals surface area contributed by atoms with E-state index in [9.17, 15) is 9.59 Å². The second-order valence-electron chi connectivity index (χ2n) is 3.45. The molecule has 5 heteroatoms. The van der Waals surface area contributed by atoms with Gasteiger partial charge < -0.3 is 4.90 Å². The van der Waals surface area contributed by atoms with E-state index in [0.29, 0.717) is 36.1 Å². The van der Waals surface area contributed by atoms with E-state index < -0.39 is 0 Å². The molecule has 0 aromatic heterocycles. The first-order valence-electron chi connectivity index (χ1n) is 4.95. The van der Waals surface area contributed by atoms with Crippen LogP contribution in [-0.4, -0.2) is 41.3 Å². The van der Waals surface area contributed by atoms with Crippen LogP contribution in [0.4, 0.5) is 0 Å². The number of alkyl halides is 2. The number of nitrogens with zero attached hydrogens (tertiary/aromatic N) is 1. The molecule has 0 bridgehead atoms. The van der Waals surface area contributed by atoms with Gasteiger partial charge in [0.15, 0.2) is 5.78 Å². The van der Waals surface area contributed by atoms with Crippen molar-refractivity contribution in [2.24, 2.45) is 0 Å². The fourth-order valence-corrected chi connectivity index (χ4v) is 1.86. The molecule has 1 aliphatic carbocycles. The van der Waals surface area contributed by atoms with Gasteiger partial charge >= 0.3 is 0 Å². The Morgan fingerprint density at radius 1 is 1.06 bits per heavy atom. The molecule has 3 nitrogen and oxygen atoms in total. The van der Waals surface area contributed by atoms with Crippen LogP contribution in [0.5, 0.6) is 0 Å². The van der Waals surface area contributed by atoms with E-state index in [1.807, 2.05) is 0 Å². The Morgan fingerprint density at radius 2 is 1.62 bits per heavy atom. The van der Waals surface area contributed by atoms with Crippen molar-refractivity contribution in [2.75, 3.05) is 24.8 Å². The van der Waals surface area contributed by atoms with E-state index in [0.717, 1.165) is 0 Å². The first-order valence-corrected chi connectivity index (χ1v) is 6.02. The molecule has 0 saturated carbocycles. The van der Waals surface area contributed by atoms with Gasteiger partial charge in [-0.1, -0.05) is 0 Å². The van der Waals surface area contributed by atoms with Crippen LogP contribution in [0, 0.1) is 0 Å². The summed E-state index contributed by atoms with van der Waals surface area (Å²) in [7, 11) is 0. The highest BCUT2D eigenvalue weighted by Gasteiger charge is 2.21. The number of rotatable bonds is 5. The third-order valence-corrected chi connectivity index (χ3v) is 2.64. The second-order valence-corrected chi connectivity index (χ2v) is 4.21. The number of carbonyl (C=O) groups excluding carboxylic acids is 2. The topological polar surface area (TPSA) is 37.4 Å². The van der Waals surface area contributed by atoms with Crippen LogP contribution in [0.2, 0.25) is 0 Å². The molecule has 0 aromatic carbocycles. The summed E-state index contributed by atoms with van der Waals surface area (Å²) in [5.74, 6) is 0.479. The van der Waals surface area contributed by atoms with Crippen molar-refractivity contribution in [1.82, 2.24) is 4.90 Å². The minimum absolute atomic E-state index is 0.135. The number of hydrogen-bond donors (Lipinski definition) is 0. The van der Waals surface area contributed by atoms with Gasteiger partial charge in [0.05, 0.1) is 5.70 Å². The van der Waals surface area contributed by atoms with Gasteiger partial charge in [0, 0.05) is 36.5 Å². The molecule has 0 radical (unpaired) electrons. The van der Waals surface area contributed by atoms with Crippen molar-refractivity contribution in [1.29, 1.82) is 0 Å². The van der Waals surface area contributed by atoms with Gasteiger partial charge in [-0.3, -0.25) is 9.59 Å². The molecule has 1 rings (SSSR count). The molecule has 0 spiro atoms. The fraction of sp³-hybridized carbons (Fsp3) is 0.455. The van der Waals surface area contributed by atoms with E-state index >= 15 is 0 Å². The van der Waals surface area contributed by atoms with Crippen LogP contribution >= 0.6 is 23.2 Å². The average molecular weight is 262 g/mol. The number of halogens is 2. The summed E-state index contributed by atoms with van der Waals surface area (Å²) in [4.78, 5) is 24.9. The van der Waals surface area contributed by atoms with Crippen LogP contribution in [0.3, 0.4) is 0 Å². The quantitative estimate of drug-likeness (QED) is 0.559. The lowest BCUT2D eigenvalue weighted by Crippen LogP contribution is -2.33. The summed E-state index contributed by atoms with van der Waals surface area (Å²) in [6.45, 7) is 2.64. The zero-order valence-corrected chi connectivity index (χ0v) is 10.5. The summed E-state index contributed by atoms with van der Waals surface area (Å²) in [5, 5.41) is 0. The second kappa shape index (κ2) is 6.06. The molecular weight excluding hydrogens is 249 g/mol. The van der Waals surface area contributed by atoms with E-state index in [4.69, 9.17) is 23.2 Å². The Hall–Kier alpha value is -0.800. The molecule has 16 heavy (non-hydrogen) atoms. The highest BCUT2D eigenvalue weighted by atomic mass is 35.5. The Balaban J connectivity index is 2.89. The molecule has 88 valence electrons. The van der Waals surface area contributed by atoms with Gasteiger partial charge in [-0.15, -0.1) is 23.2 Å². The van der Waals surface area contributed by atoms with Crippen molar-refractivity contribution in [3.8, 4) is 0 Å². The Bertz CT molecular complexity index is 355. The molecule has 0 atom stereocenters. The van der Waals surface area contributed by atoms with E-state index in [-0.39, 0.29) is 11.6 Å². The third kappa shape index (κ3) is 3.09. The van der Waals surface area contributed by atoms with Crippen molar-refractivity contribution in [3.05, 3.63) is 23.4 Å². The smallest absolute Gasteiger partial charge is 0.202 e. The van der Waals surface area contributed by atoms with Gasteiger partial charge in [0.25, 0.3) is 0 Å². The summed E-state index contributed by atoms with van der Waals surface area (Å²) >= 11 is 11.3. The van der Waals surface area contributed by atoms with Gasteiger partial charge in [-0.05, 0) is 13.0 Å². The van der Waals surface area contributed by atoms with Crippen molar-refractivity contribution >= 4 is 34.8 Å². The molecular formula is C11H13Cl2NO2. The van der Waals surface area contributed by atoms with Crippen LogP contribution in [0.15, 0.2) is 23.4 Å². The molecule has 0 unspecified atom stereocenters. The maximum Gasteiger partial charge on any atom is 0.202 e. The Kier molecular flexibility index (Phi) is 5.03. The molecule has 0 fully saturated rings. The molecule has 0 heterocycles. The van der Waals surface area contributed by atoms with Gasteiger partial charge in [-0.2, -0.15) is 0 Å². The number of ketones is 2. The van der Waals surface area contributed by atoms with Crippen LogP contribution in [0.25, 0.3) is 0 Å². The van der Waals surface area contributed by atoms with Gasteiger partial charge in [0.2, 0.25) is 5.78 Å². The fourth-order valence-electron chi connectivity index (χ4n) is 1.45. The maximum atomic E-state index is 11.7. The molecule has 0 aliphatic heterocycles. The van der Waals surface area contributed by atoms with Crippen molar-refractivity contribution in [2.45, 2.75) is 6.92 Å². The van der Waals surface area contributed by atoms with E-state index in [1.165, 1.54) is 12.2 Å². The zero-order valence-electron chi connectivity index (χ0n) is 9.00. The number of carbonyl (C=O) groups is 2. The third-order valence-electron chi connectivity index (χ3n) is 2.31. The standard InChI is InChI=1S/C11H13Cl2NO2/c1-8-6-11(16)9(7-10(8)15)14(4-2-12)5-3-13/h6-7H,2-5H2,1H3. The number of allylic oxidation sites excluding steroid dienone is 3. The first kappa shape index (κ1) is 13.3. The van der Waals surface area contributed by atoms with Crippen molar-refractivity contribution < 1.29 is 9.59 Å². The Labute approximate surface area is 105 Å². The highest BCUT2D eigenvalue weighted by molar-refractivity contribution is 6.20. The van der Waals surface area contributed by atoms with Gasteiger partial charge in [0.1, 0.15) is 0 Å². The lowest BCUT2D eigenvalue weighted by atomic mass is 10.0. The minimum atomic E-state index is -0.160. The summed E-state index contributed by atoms with van der Waals surface area (Å²) < 4.78 is 0. The average Bonchev–Trinajstić information content (AvgIpc) is 2.23. The molecule has 0 saturated heterocycles. The summed E-state index contributed by atoms with van der Waals surface area (Å²) in [6, 6.07) is 0. The maximum absolute atomic E-state index is 11.7. The first-order chi connectivity index (χ1) is 7.60. The van der Waals surface area contributed by atoms with Crippen LogP contribution in [-0.2, 0) is 9.59 Å². The van der Waals surface area contributed by atoms with Crippen LogP contribution < -0.4 is 0 Å². The summed E-state index contributed by atoms with van der Waals surface area (Å²) in [6.07, 6.45) is 2.71. The van der Waals surface area contributed by atoms with Crippen molar-refractivity contribution in [3.63, 3.8) is 0 Å². The predicted octanol–water partition coefficient (Wildman–Crippen LogP) is 1.75. The molecule has 0 aromatic rings. The molecule has 0 N–H and O–H groups in total. The number of hydrogen-bond acceptors (Lipinski definition) is 3. The molecule has 0 amide bonds. The zero-order chi connectivity index (χ0) is 12.1.